The lowest BCUT2D eigenvalue weighted by atomic mass is 9.84. The molecule has 2 heterocycles. The van der Waals surface area contributed by atoms with Crippen LogP contribution in [0.2, 0.25) is 0 Å². The van der Waals surface area contributed by atoms with E-state index in [9.17, 15) is 0 Å². The molecular weight excluding hydrogens is 308 g/mol. The molecule has 1 atom stereocenters. The smallest absolute Gasteiger partial charge is 0.118 e. The third-order valence-electron chi connectivity index (χ3n) is 4.93. The van der Waals surface area contributed by atoms with Gasteiger partial charge < -0.3 is 9.64 Å². The highest BCUT2D eigenvalue weighted by Crippen LogP contribution is 2.35. The predicted molar refractivity (Wildman–Crippen MR) is 101 cm³/mol. The number of methoxy groups -OCH3 is 1. The maximum absolute atomic E-state index is 5.29. The fraction of sp³-hybridized carbons (Fsp3) is 0.227. The quantitative estimate of drug-likeness (QED) is 0.714. The first kappa shape index (κ1) is 15.9. The predicted octanol–water partition coefficient (Wildman–Crippen LogP) is 4.33. The largest absolute Gasteiger partial charge is 0.497 e. The van der Waals surface area contributed by atoms with Crippen molar-refractivity contribution in [2.75, 3.05) is 20.7 Å². The summed E-state index contributed by atoms with van der Waals surface area (Å²) < 4.78 is 5.29. The summed E-state index contributed by atoms with van der Waals surface area (Å²) in [7, 11) is 3.89. The number of aromatic nitrogens is 1. The van der Waals surface area contributed by atoms with Crippen molar-refractivity contribution in [3.8, 4) is 17.0 Å². The van der Waals surface area contributed by atoms with Crippen molar-refractivity contribution in [3.05, 3.63) is 83.6 Å². The Morgan fingerprint density at radius 3 is 2.60 bits per heavy atom. The summed E-state index contributed by atoms with van der Waals surface area (Å²) >= 11 is 0. The van der Waals surface area contributed by atoms with Gasteiger partial charge in [0.25, 0.3) is 0 Å². The van der Waals surface area contributed by atoms with Crippen LogP contribution in [0.25, 0.3) is 11.3 Å². The Kier molecular flexibility index (Phi) is 4.24. The number of hydrogen-bond donors (Lipinski definition) is 0. The van der Waals surface area contributed by atoms with Gasteiger partial charge in [0.2, 0.25) is 0 Å². The third kappa shape index (κ3) is 3.15. The molecule has 0 fully saturated rings. The fourth-order valence-electron chi connectivity index (χ4n) is 3.66. The van der Waals surface area contributed by atoms with Crippen LogP contribution < -0.4 is 4.74 Å². The summed E-state index contributed by atoms with van der Waals surface area (Å²) in [6, 6.07) is 21.3. The van der Waals surface area contributed by atoms with Gasteiger partial charge in [0, 0.05) is 30.8 Å². The number of nitrogens with zero attached hydrogens (tertiary/aromatic N) is 2. The van der Waals surface area contributed by atoms with Crippen molar-refractivity contribution in [1.29, 1.82) is 0 Å². The fourth-order valence-corrected chi connectivity index (χ4v) is 3.66. The summed E-state index contributed by atoms with van der Waals surface area (Å²) in [5.41, 5.74) is 6.35. The molecule has 3 heteroatoms. The van der Waals surface area contributed by atoms with Gasteiger partial charge in [-0.1, -0.05) is 30.3 Å². The molecule has 0 N–H and O–H groups in total. The van der Waals surface area contributed by atoms with Crippen LogP contribution in [0.1, 0.15) is 22.6 Å². The first-order valence-corrected chi connectivity index (χ1v) is 8.61. The maximum Gasteiger partial charge on any atom is 0.118 e. The Hall–Kier alpha value is -2.65. The Labute approximate surface area is 148 Å². The van der Waals surface area contributed by atoms with E-state index in [2.05, 4.69) is 53.3 Å². The van der Waals surface area contributed by atoms with Crippen molar-refractivity contribution in [2.24, 2.45) is 0 Å². The van der Waals surface area contributed by atoms with E-state index in [1.165, 1.54) is 22.3 Å². The topological polar surface area (TPSA) is 25.4 Å². The van der Waals surface area contributed by atoms with Crippen LogP contribution in [0.3, 0.4) is 0 Å². The summed E-state index contributed by atoms with van der Waals surface area (Å²) in [5, 5.41) is 0. The van der Waals surface area contributed by atoms with Crippen molar-refractivity contribution in [1.82, 2.24) is 9.88 Å². The second kappa shape index (κ2) is 6.69. The Morgan fingerprint density at radius 2 is 1.88 bits per heavy atom. The maximum atomic E-state index is 5.29. The van der Waals surface area contributed by atoms with Crippen LogP contribution in [0.15, 0.2) is 66.9 Å². The van der Waals surface area contributed by atoms with Gasteiger partial charge in [-0.25, -0.2) is 0 Å². The molecule has 3 nitrogen and oxygen atoms in total. The number of ether oxygens (including phenoxy) is 1. The van der Waals surface area contributed by atoms with E-state index in [-0.39, 0.29) is 0 Å². The molecular formula is C22H22N2O. The molecule has 126 valence electrons. The number of fused-ring (bicyclic) bond motifs is 1. The van der Waals surface area contributed by atoms with Crippen molar-refractivity contribution in [3.63, 3.8) is 0 Å². The molecule has 1 unspecified atom stereocenters. The van der Waals surface area contributed by atoms with Crippen LogP contribution in [-0.2, 0) is 6.54 Å². The average molecular weight is 330 g/mol. The first-order chi connectivity index (χ1) is 12.2. The van der Waals surface area contributed by atoms with Gasteiger partial charge in [-0.3, -0.25) is 4.98 Å². The highest BCUT2D eigenvalue weighted by Gasteiger charge is 2.25. The average Bonchev–Trinajstić information content (AvgIpc) is 2.67. The second-order valence-corrected chi connectivity index (χ2v) is 6.65. The number of pyridine rings is 1. The summed E-state index contributed by atoms with van der Waals surface area (Å²) in [5.74, 6) is 1.29. The van der Waals surface area contributed by atoms with Crippen molar-refractivity contribution in [2.45, 2.75) is 12.5 Å². The van der Waals surface area contributed by atoms with Crippen molar-refractivity contribution < 1.29 is 4.74 Å². The Morgan fingerprint density at radius 1 is 1.04 bits per heavy atom. The van der Waals surface area contributed by atoms with Gasteiger partial charge in [0.05, 0.1) is 12.8 Å². The minimum Gasteiger partial charge on any atom is -0.497 e. The standard InChI is InChI=1S/C22H22N2O/c1-24-14-18-13-17(22-5-3-4-12-23-22)8-11-20(18)21(15-24)16-6-9-19(25-2)10-7-16/h3-13,21H,14-15H2,1-2H3. The van der Waals surface area contributed by atoms with E-state index in [1.807, 2.05) is 30.5 Å². The van der Waals surface area contributed by atoms with Gasteiger partial charge in [-0.15, -0.1) is 0 Å². The van der Waals surface area contributed by atoms with Crippen LogP contribution >= 0.6 is 0 Å². The van der Waals surface area contributed by atoms with E-state index >= 15 is 0 Å². The van der Waals surface area contributed by atoms with Crippen LogP contribution in [0.5, 0.6) is 5.75 Å². The molecule has 1 aliphatic rings. The molecule has 0 radical (unpaired) electrons. The lowest BCUT2D eigenvalue weighted by Gasteiger charge is -2.33. The lowest BCUT2D eigenvalue weighted by molar-refractivity contribution is 0.295. The normalized spacial score (nSPS) is 17.1. The molecule has 2 aromatic carbocycles. The van der Waals surface area contributed by atoms with Gasteiger partial charge in [-0.05, 0) is 54.1 Å². The molecule has 3 aromatic rings. The van der Waals surface area contributed by atoms with Gasteiger partial charge in [-0.2, -0.15) is 0 Å². The zero-order valence-electron chi connectivity index (χ0n) is 14.6. The highest BCUT2D eigenvalue weighted by atomic mass is 16.5. The number of hydrogen-bond acceptors (Lipinski definition) is 3. The lowest BCUT2D eigenvalue weighted by Crippen LogP contribution is -2.31. The van der Waals surface area contributed by atoms with E-state index in [0.717, 1.165) is 24.5 Å². The minimum atomic E-state index is 0.387. The summed E-state index contributed by atoms with van der Waals surface area (Å²) in [6.07, 6.45) is 1.85. The minimum absolute atomic E-state index is 0.387. The molecule has 0 amide bonds. The SMILES string of the molecule is COc1ccc(C2CN(C)Cc3cc(-c4ccccn4)ccc32)cc1. The Bertz CT molecular complexity index is 859. The van der Waals surface area contributed by atoms with Crippen LogP contribution in [0, 0.1) is 0 Å². The molecule has 4 rings (SSSR count). The zero-order chi connectivity index (χ0) is 17.2. The van der Waals surface area contributed by atoms with Gasteiger partial charge in [0.15, 0.2) is 0 Å². The molecule has 0 aliphatic carbocycles. The number of rotatable bonds is 3. The summed E-state index contributed by atoms with van der Waals surface area (Å²) in [4.78, 5) is 6.87. The first-order valence-electron chi connectivity index (χ1n) is 8.61. The molecule has 1 aromatic heterocycles. The van der Waals surface area contributed by atoms with Crippen LogP contribution in [0.4, 0.5) is 0 Å². The van der Waals surface area contributed by atoms with E-state index in [0.29, 0.717) is 5.92 Å². The zero-order valence-corrected chi connectivity index (χ0v) is 14.6. The monoisotopic (exact) mass is 330 g/mol. The molecule has 0 saturated carbocycles. The Balaban J connectivity index is 1.73. The second-order valence-electron chi connectivity index (χ2n) is 6.65. The van der Waals surface area contributed by atoms with Crippen LogP contribution in [-0.4, -0.2) is 30.6 Å². The van der Waals surface area contributed by atoms with E-state index in [1.54, 1.807) is 7.11 Å². The molecule has 0 bridgehead atoms. The number of likely N-dealkylation sites (N-methyl/N-ethyl adjacent to an activating group) is 1. The third-order valence-corrected chi connectivity index (χ3v) is 4.93. The van der Waals surface area contributed by atoms with E-state index in [4.69, 9.17) is 4.74 Å². The highest BCUT2D eigenvalue weighted by molar-refractivity contribution is 5.62. The van der Waals surface area contributed by atoms with Gasteiger partial charge >= 0.3 is 0 Å². The van der Waals surface area contributed by atoms with Gasteiger partial charge in [0.1, 0.15) is 5.75 Å². The number of benzene rings is 2. The van der Waals surface area contributed by atoms with Crippen molar-refractivity contribution >= 4 is 0 Å². The van der Waals surface area contributed by atoms with E-state index < -0.39 is 0 Å². The summed E-state index contributed by atoms with van der Waals surface area (Å²) in [6.45, 7) is 2.00. The molecule has 0 saturated heterocycles. The molecule has 0 spiro atoms. The molecule has 1 aliphatic heterocycles. The molecule has 25 heavy (non-hydrogen) atoms.